The Kier molecular flexibility index (Phi) is 3.61. The van der Waals surface area contributed by atoms with Crippen molar-refractivity contribution in [3.63, 3.8) is 0 Å². The fraction of sp³-hybridized carbons (Fsp3) is 0. The maximum absolute atomic E-state index is 11.7. The number of rotatable bonds is 2. The number of hydrogen-bond acceptors (Lipinski definition) is 3. The van der Waals surface area contributed by atoms with Crippen molar-refractivity contribution in [1.29, 1.82) is 0 Å². The first-order valence-corrected chi connectivity index (χ1v) is 5.50. The highest BCUT2D eigenvalue weighted by Gasteiger charge is 2.10. The molecule has 2 rings (SSSR count). The fourth-order valence-corrected chi connectivity index (χ4v) is 1.74. The Balaban J connectivity index is 2.19. The number of esters is 1. The van der Waals surface area contributed by atoms with Gasteiger partial charge in [0.2, 0.25) is 0 Å². The van der Waals surface area contributed by atoms with Gasteiger partial charge in [-0.3, -0.25) is 0 Å². The van der Waals surface area contributed by atoms with E-state index in [1.807, 2.05) is 0 Å². The van der Waals surface area contributed by atoms with Gasteiger partial charge in [0.15, 0.2) is 0 Å². The number of hydrogen-bond donors (Lipinski definition) is 0. The van der Waals surface area contributed by atoms with Crippen LogP contribution in [0.2, 0.25) is 10.0 Å². The molecule has 1 aromatic heterocycles. The smallest absolute Gasteiger partial charge is 0.362 e. The maximum Gasteiger partial charge on any atom is 0.362 e. The topological polar surface area (TPSA) is 39.2 Å². The van der Waals surface area contributed by atoms with Gasteiger partial charge in [0.25, 0.3) is 0 Å². The number of pyridine rings is 1. The van der Waals surface area contributed by atoms with E-state index in [0.29, 0.717) is 10.0 Å². The second-order valence-corrected chi connectivity index (χ2v) is 4.08. The van der Waals surface area contributed by atoms with Gasteiger partial charge in [-0.25, -0.2) is 9.78 Å². The summed E-state index contributed by atoms with van der Waals surface area (Å²) in [6.07, 6.45) is 1.52. The van der Waals surface area contributed by atoms with Crippen LogP contribution in [0.5, 0.6) is 5.75 Å². The van der Waals surface area contributed by atoms with Crippen LogP contribution in [-0.2, 0) is 0 Å². The quantitative estimate of drug-likeness (QED) is 0.617. The molecule has 86 valence electrons. The number of carbonyl (C=O) groups excluding carboxylic acids is 1. The van der Waals surface area contributed by atoms with Gasteiger partial charge in [0.1, 0.15) is 11.4 Å². The van der Waals surface area contributed by atoms with Crippen LogP contribution < -0.4 is 4.74 Å². The highest BCUT2D eigenvalue weighted by Crippen LogP contribution is 2.24. The van der Waals surface area contributed by atoms with Crippen LogP contribution in [0.4, 0.5) is 0 Å². The van der Waals surface area contributed by atoms with Crippen molar-refractivity contribution in [2.24, 2.45) is 0 Å². The lowest BCUT2D eigenvalue weighted by Crippen LogP contribution is -2.10. The Bertz CT molecular complexity index is 523. The third-order valence-corrected chi connectivity index (χ3v) is 2.36. The third kappa shape index (κ3) is 3.19. The first kappa shape index (κ1) is 11.9. The van der Waals surface area contributed by atoms with Crippen molar-refractivity contribution in [2.45, 2.75) is 0 Å². The molecule has 1 aromatic carbocycles. The number of aromatic nitrogens is 1. The van der Waals surface area contributed by atoms with E-state index in [-0.39, 0.29) is 11.4 Å². The van der Waals surface area contributed by atoms with Crippen molar-refractivity contribution in [3.8, 4) is 5.75 Å². The molecule has 0 aliphatic heterocycles. The summed E-state index contributed by atoms with van der Waals surface area (Å²) in [7, 11) is 0. The molecule has 0 amide bonds. The number of nitrogens with zero attached hydrogens (tertiary/aromatic N) is 1. The van der Waals surface area contributed by atoms with E-state index in [9.17, 15) is 4.79 Å². The van der Waals surface area contributed by atoms with E-state index in [2.05, 4.69) is 4.98 Å². The summed E-state index contributed by atoms with van der Waals surface area (Å²) in [6.45, 7) is 0. The Labute approximate surface area is 108 Å². The molecule has 0 saturated heterocycles. The van der Waals surface area contributed by atoms with E-state index < -0.39 is 5.97 Å². The minimum absolute atomic E-state index is 0.226. The highest BCUT2D eigenvalue weighted by atomic mass is 35.5. The maximum atomic E-state index is 11.7. The zero-order valence-electron chi connectivity index (χ0n) is 8.56. The first-order valence-electron chi connectivity index (χ1n) is 4.74. The molecule has 1 heterocycles. The molecule has 0 bridgehead atoms. The summed E-state index contributed by atoms with van der Waals surface area (Å²) < 4.78 is 5.09. The van der Waals surface area contributed by atoms with Crippen molar-refractivity contribution in [3.05, 3.63) is 58.3 Å². The van der Waals surface area contributed by atoms with Gasteiger partial charge in [-0.15, -0.1) is 0 Å². The monoisotopic (exact) mass is 267 g/mol. The van der Waals surface area contributed by atoms with Gasteiger partial charge in [-0.1, -0.05) is 29.3 Å². The molecule has 17 heavy (non-hydrogen) atoms. The van der Waals surface area contributed by atoms with Crippen LogP contribution in [0.3, 0.4) is 0 Å². The number of carbonyl (C=O) groups is 1. The minimum Gasteiger partial charge on any atom is -0.422 e. The summed E-state index contributed by atoms with van der Waals surface area (Å²) in [4.78, 5) is 15.5. The molecule has 0 aliphatic rings. The molecular formula is C12H7Cl2NO2. The summed E-state index contributed by atoms with van der Waals surface area (Å²) in [5.41, 5.74) is 0.226. The van der Waals surface area contributed by atoms with Crippen LogP contribution in [0, 0.1) is 0 Å². The van der Waals surface area contributed by atoms with Crippen LogP contribution in [0.15, 0.2) is 42.6 Å². The zero-order chi connectivity index (χ0) is 12.3. The van der Waals surface area contributed by atoms with Crippen molar-refractivity contribution in [2.75, 3.05) is 0 Å². The van der Waals surface area contributed by atoms with E-state index in [4.69, 9.17) is 27.9 Å². The van der Waals surface area contributed by atoms with Gasteiger partial charge in [-0.05, 0) is 30.3 Å². The molecule has 3 nitrogen and oxygen atoms in total. The Morgan fingerprint density at radius 2 is 1.82 bits per heavy atom. The Morgan fingerprint density at radius 3 is 2.41 bits per heavy atom. The molecule has 0 saturated carbocycles. The van der Waals surface area contributed by atoms with Gasteiger partial charge in [0, 0.05) is 16.2 Å². The number of ether oxygens (including phenoxy) is 1. The van der Waals surface area contributed by atoms with Crippen molar-refractivity contribution in [1.82, 2.24) is 4.98 Å². The van der Waals surface area contributed by atoms with Crippen LogP contribution >= 0.6 is 23.2 Å². The lowest BCUT2D eigenvalue weighted by Gasteiger charge is -2.04. The molecule has 0 aliphatic carbocycles. The molecule has 0 N–H and O–H groups in total. The van der Waals surface area contributed by atoms with Gasteiger partial charge in [-0.2, -0.15) is 0 Å². The summed E-state index contributed by atoms with van der Waals surface area (Å²) >= 11 is 11.6. The number of halogens is 2. The van der Waals surface area contributed by atoms with Gasteiger partial charge >= 0.3 is 5.97 Å². The molecule has 0 fully saturated rings. The highest BCUT2D eigenvalue weighted by molar-refractivity contribution is 6.34. The standard InChI is InChI=1S/C12H7Cl2NO2/c13-8-5-9(14)7-10(6-8)17-12(16)11-3-1-2-4-15-11/h1-7H. The molecule has 5 heteroatoms. The zero-order valence-corrected chi connectivity index (χ0v) is 10.1. The normalized spacial score (nSPS) is 10.0. The summed E-state index contributed by atoms with van der Waals surface area (Å²) in [6, 6.07) is 9.56. The van der Waals surface area contributed by atoms with E-state index >= 15 is 0 Å². The second-order valence-electron chi connectivity index (χ2n) is 3.21. The van der Waals surface area contributed by atoms with Crippen molar-refractivity contribution < 1.29 is 9.53 Å². The average Bonchev–Trinajstić information content (AvgIpc) is 2.28. The lowest BCUT2D eigenvalue weighted by molar-refractivity contribution is 0.0728. The van der Waals surface area contributed by atoms with E-state index in [1.54, 1.807) is 24.3 Å². The summed E-state index contributed by atoms with van der Waals surface area (Å²) in [5, 5.41) is 0.808. The van der Waals surface area contributed by atoms with E-state index in [1.165, 1.54) is 18.3 Å². The fourth-order valence-electron chi connectivity index (χ4n) is 1.23. The second kappa shape index (κ2) is 5.17. The van der Waals surface area contributed by atoms with Crippen LogP contribution in [0.1, 0.15) is 10.5 Å². The number of benzene rings is 1. The molecule has 2 aromatic rings. The Morgan fingerprint density at radius 1 is 1.12 bits per heavy atom. The van der Waals surface area contributed by atoms with Crippen LogP contribution in [0.25, 0.3) is 0 Å². The largest absolute Gasteiger partial charge is 0.422 e. The van der Waals surface area contributed by atoms with Crippen molar-refractivity contribution >= 4 is 29.2 Å². The lowest BCUT2D eigenvalue weighted by atomic mass is 10.3. The molecule has 0 spiro atoms. The predicted molar refractivity (Wildman–Crippen MR) is 65.7 cm³/mol. The minimum atomic E-state index is -0.552. The van der Waals surface area contributed by atoms with E-state index in [0.717, 1.165) is 0 Å². The molecule has 0 unspecified atom stereocenters. The van der Waals surface area contributed by atoms with Gasteiger partial charge in [0.05, 0.1) is 0 Å². The molecular weight excluding hydrogens is 261 g/mol. The predicted octanol–water partition coefficient (Wildman–Crippen LogP) is 3.61. The SMILES string of the molecule is O=C(Oc1cc(Cl)cc(Cl)c1)c1ccccn1. The third-order valence-electron chi connectivity index (χ3n) is 1.92. The van der Waals surface area contributed by atoms with Crippen LogP contribution in [-0.4, -0.2) is 11.0 Å². The van der Waals surface area contributed by atoms with Gasteiger partial charge < -0.3 is 4.74 Å². The Hall–Kier alpha value is -1.58. The summed E-state index contributed by atoms with van der Waals surface area (Å²) in [5.74, 6) is -0.262. The molecule has 0 atom stereocenters. The average molecular weight is 268 g/mol. The molecule has 0 radical (unpaired) electrons. The first-order chi connectivity index (χ1) is 8.15.